The second kappa shape index (κ2) is 7.19. The average molecular weight is 335 g/mol. The zero-order valence-electron chi connectivity index (χ0n) is 15.3. The van der Waals surface area contributed by atoms with Crippen molar-refractivity contribution in [3.63, 3.8) is 0 Å². The number of nitrogens with one attached hydrogen (secondary N) is 1. The van der Waals surface area contributed by atoms with Gasteiger partial charge in [-0.05, 0) is 35.6 Å². The molecule has 0 radical (unpaired) electrons. The molecular weight excluding hydrogens is 310 g/mol. The molecule has 1 atom stereocenters. The molecule has 0 aliphatic carbocycles. The molecule has 0 saturated carbocycles. The quantitative estimate of drug-likeness (QED) is 0.721. The third-order valence-corrected chi connectivity index (χ3v) is 4.32. The Morgan fingerprint density at radius 2 is 1.64 bits per heavy atom. The Bertz CT molecular complexity index is 801. The molecule has 0 aliphatic heterocycles. The van der Waals surface area contributed by atoms with Gasteiger partial charge >= 0.3 is 0 Å². The predicted molar refractivity (Wildman–Crippen MR) is 100 cm³/mol. The molecule has 4 heteroatoms. The smallest absolute Gasteiger partial charge is 0.247 e. The van der Waals surface area contributed by atoms with Crippen LogP contribution in [0.4, 0.5) is 0 Å². The largest absolute Gasteiger partial charge is 0.419 e. The fraction of sp³-hybridized carbons (Fsp3) is 0.333. The van der Waals surface area contributed by atoms with Crippen LogP contribution >= 0.6 is 0 Å². The van der Waals surface area contributed by atoms with E-state index in [0.29, 0.717) is 18.3 Å². The van der Waals surface area contributed by atoms with Gasteiger partial charge in [0.15, 0.2) is 0 Å². The van der Waals surface area contributed by atoms with Crippen LogP contribution in [0.1, 0.15) is 50.8 Å². The first-order valence-corrected chi connectivity index (χ1v) is 8.65. The van der Waals surface area contributed by atoms with Crippen molar-refractivity contribution in [2.75, 3.05) is 0 Å². The summed E-state index contributed by atoms with van der Waals surface area (Å²) in [4.78, 5) is 0. The highest BCUT2D eigenvalue weighted by atomic mass is 16.4. The molecular formula is C21H25N3O. The predicted octanol–water partition coefficient (Wildman–Crippen LogP) is 4.88. The minimum atomic E-state index is 0.135. The second-order valence-electron chi connectivity index (χ2n) is 7.34. The van der Waals surface area contributed by atoms with E-state index in [4.69, 9.17) is 4.42 Å². The normalized spacial score (nSPS) is 13.0. The molecule has 0 saturated heterocycles. The van der Waals surface area contributed by atoms with E-state index in [0.717, 1.165) is 5.56 Å². The molecule has 0 fully saturated rings. The van der Waals surface area contributed by atoms with Crippen LogP contribution in [0.2, 0.25) is 0 Å². The first-order valence-electron chi connectivity index (χ1n) is 8.65. The molecule has 0 bridgehead atoms. The van der Waals surface area contributed by atoms with Gasteiger partial charge in [-0.25, -0.2) is 0 Å². The molecule has 0 amide bonds. The van der Waals surface area contributed by atoms with E-state index in [9.17, 15) is 0 Å². The average Bonchev–Trinajstić information content (AvgIpc) is 3.09. The molecule has 1 heterocycles. The molecule has 1 aromatic heterocycles. The van der Waals surface area contributed by atoms with Crippen LogP contribution < -0.4 is 5.32 Å². The van der Waals surface area contributed by atoms with Gasteiger partial charge in [-0.1, -0.05) is 63.2 Å². The fourth-order valence-corrected chi connectivity index (χ4v) is 2.65. The lowest BCUT2D eigenvalue weighted by Crippen LogP contribution is -2.18. The first kappa shape index (κ1) is 17.4. The van der Waals surface area contributed by atoms with Gasteiger partial charge in [0, 0.05) is 11.6 Å². The summed E-state index contributed by atoms with van der Waals surface area (Å²) < 4.78 is 5.80. The molecule has 25 heavy (non-hydrogen) atoms. The van der Waals surface area contributed by atoms with E-state index in [1.165, 1.54) is 11.1 Å². The molecule has 130 valence electrons. The van der Waals surface area contributed by atoms with Crippen molar-refractivity contribution < 1.29 is 4.42 Å². The maximum absolute atomic E-state index is 5.80. The standard InChI is InChI=1S/C21H25N3O/c1-15(16-8-6-5-7-9-16)22-14-19-23-24-20(25-19)17-10-12-18(13-11-17)21(2,3)4/h5-13,15,22H,14H2,1-4H3/t15-/m0/s1. The van der Waals surface area contributed by atoms with Gasteiger partial charge in [0.05, 0.1) is 6.54 Å². The lowest BCUT2D eigenvalue weighted by Gasteiger charge is -2.18. The van der Waals surface area contributed by atoms with Crippen LogP contribution in [0.3, 0.4) is 0 Å². The highest BCUT2D eigenvalue weighted by Crippen LogP contribution is 2.25. The van der Waals surface area contributed by atoms with Crippen LogP contribution in [0.25, 0.3) is 11.5 Å². The molecule has 0 aliphatic rings. The summed E-state index contributed by atoms with van der Waals surface area (Å²) in [5, 5.41) is 11.7. The van der Waals surface area contributed by atoms with Crippen molar-refractivity contribution in [1.82, 2.24) is 15.5 Å². The number of nitrogens with zero attached hydrogens (tertiary/aromatic N) is 2. The van der Waals surface area contributed by atoms with Gasteiger partial charge < -0.3 is 9.73 Å². The molecule has 3 rings (SSSR count). The van der Waals surface area contributed by atoms with Crippen LogP contribution in [0.15, 0.2) is 59.0 Å². The number of hydrogen-bond donors (Lipinski definition) is 1. The zero-order chi connectivity index (χ0) is 17.9. The third kappa shape index (κ3) is 4.34. The lowest BCUT2D eigenvalue weighted by molar-refractivity contribution is 0.454. The van der Waals surface area contributed by atoms with Gasteiger partial charge in [0.25, 0.3) is 0 Å². The second-order valence-corrected chi connectivity index (χ2v) is 7.34. The van der Waals surface area contributed by atoms with Crippen LogP contribution in [0, 0.1) is 0 Å². The maximum Gasteiger partial charge on any atom is 0.247 e. The van der Waals surface area contributed by atoms with Crippen molar-refractivity contribution in [3.05, 3.63) is 71.6 Å². The summed E-state index contributed by atoms with van der Waals surface area (Å²) in [5.74, 6) is 1.15. The Hall–Kier alpha value is -2.46. The highest BCUT2D eigenvalue weighted by molar-refractivity contribution is 5.53. The van der Waals surface area contributed by atoms with Crippen molar-refractivity contribution in [1.29, 1.82) is 0 Å². The first-order chi connectivity index (χ1) is 11.9. The monoisotopic (exact) mass is 335 g/mol. The minimum absolute atomic E-state index is 0.135. The Morgan fingerprint density at radius 3 is 2.28 bits per heavy atom. The lowest BCUT2D eigenvalue weighted by atomic mass is 9.87. The summed E-state index contributed by atoms with van der Waals surface area (Å²) in [6.45, 7) is 9.27. The Labute approximate surface area is 149 Å². The number of aromatic nitrogens is 2. The Balaban J connectivity index is 1.64. The van der Waals surface area contributed by atoms with Gasteiger partial charge in [-0.15, -0.1) is 10.2 Å². The molecule has 4 nitrogen and oxygen atoms in total. The van der Waals surface area contributed by atoms with Gasteiger partial charge in [0.1, 0.15) is 0 Å². The van der Waals surface area contributed by atoms with E-state index in [1.807, 2.05) is 30.3 Å². The maximum atomic E-state index is 5.80. The van der Waals surface area contributed by atoms with Crippen LogP contribution in [-0.2, 0) is 12.0 Å². The summed E-state index contributed by atoms with van der Waals surface area (Å²) in [7, 11) is 0. The number of benzene rings is 2. The molecule has 0 unspecified atom stereocenters. The van der Waals surface area contributed by atoms with Gasteiger partial charge in [-0.3, -0.25) is 0 Å². The topological polar surface area (TPSA) is 51.0 Å². The van der Waals surface area contributed by atoms with E-state index in [2.05, 4.69) is 67.5 Å². The summed E-state index contributed by atoms with van der Waals surface area (Å²) >= 11 is 0. The fourth-order valence-electron chi connectivity index (χ4n) is 2.65. The zero-order valence-corrected chi connectivity index (χ0v) is 15.3. The molecule has 1 N–H and O–H groups in total. The molecule has 2 aromatic carbocycles. The Morgan fingerprint density at radius 1 is 0.960 bits per heavy atom. The SMILES string of the molecule is C[C@H](NCc1nnc(-c2ccc(C(C)(C)C)cc2)o1)c1ccccc1. The minimum Gasteiger partial charge on any atom is -0.419 e. The van der Waals surface area contributed by atoms with Gasteiger partial charge in [-0.2, -0.15) is 0 Å². The van der Waals surface area contributed by atoms with Crippen molar-refractivity contribution in [2.45, 2.75) is 45.7 Å². The van der Waals surface area contributed by atoms with Crippen molar-refractivity contribution >= 4 is 0 Å². The van der Waals surface area contributed by atoms with Crippen molar-refractivity contribution in [2.24, 2.45) is 0 Å². The number of rotatable bonds is 5. The van der Waals surface area contributed by atoms with E-state index in [-0.39, 0.29) is 11.5 Å². The van der Waals surface area contributed by atoms with Crippen LogP contribution in [-0.4, -0.2) is 10.2 Å². The molecule has 3 aromatic rings. The summed E-state index contributed by atoms with van der Waals surface area (Å²) in [6, 6.07) is 18.9. The van der Waals surface area contributed by atoms with Crippen molar-refractivity contribution in [3.8, 4) is 11.5 Å². The van der Waals surface area contributed by atoms with Gasteiger partial charge in [0.2, 0.25) is 11.8 Å². The summed E-state index contributed by atoms with van der Waals surface area (Å²) in [6.07, 6.45) is 0. The molecule has 0 spiro atoms. The third-order valence-electron chi connectivity index (χ3n) is 4.32. The number of hydrogen-bond acceptors (Lipinski definition) is 4. The van der Waals surface area contributed by atoms with Crippen LogP contribution in [0.5, 0.6) is 0 Å². The Kier molecular flexibility index (Phi) is 5.00. The van der Waals surface area contributed by atoms with E-state index >= 15 is 0 Å². The van der Waals surface area contributed by atoms with E-state index in [1.54, 1.807) is 0 Å². The van der Waals surface area contributed by atoms with E-state index < -0.39 is 0 Å². The highest BCUT2D eigenvalue weighted by Gasteiger charge is 2.15. The summed E-state index contributed by atoms with van der Waals surface area (Å²) in [5.41, 5.74) is 3.60.